The van der Waals surface area contributed by atoms with Gasteiger partial charge < -0.3 is 10.1 Å². The molecule has 0 heterocycles. The fourth-order valence-corrected chi connectivity index (χ4v) is 2.51. The van der Waals surface area contributed by atoms with E-state index >= 15 is 0 Å². The van der Waals surface area contributed by atoms with Crippen LogP contribution >= 0.6 is 15.9 Å². The Labute approximate surface area is 144 Å². The quantitative estimate of drug-likeness (QED) is 0.778. The van der Waals surface area contributed by atoms with E-state index in [-0.39, 0.29) is 5.91 Å². The number of carbonyl (C=O) groups is 2. The van der Waals surface area contributed by atoms with Crippen LogP contribution in [0.25, 0.3) is 0 Å². The van der Waals surface area contributed by atoms with Crippen molar-refractivity contribution >= 4 is 33.5 Å². The van der Waals surface area contributed by atoms with E-state index in [4.69, 9.17) is 4.74 Å². The molecule has 2 rings (SSSR count). The highest BCUT2D eigenvalue weighted by atomic mass is 79.9. The maximum atomic E-state index is 12.4. The number of rotatable bonds is 5. The van der Waals surface area contributed by atoms with Crippen molar-refractivity contribution in [3.63, 3.8) is 0 Å². The Bertz CT molecular complexity index is 728. The van der Waals surface area contributed by atoms with Crippen LogP contribution in [0.2, 0.25) is 0 Å². The molecule has 0 aliphatic rings. The van der Waals surface area contributed by atoms with Crippen molar-refractivity contribution in [3.05, 3.63) is 63.6 Å². The molecule has 1 amide bonds. The van der Waals surface area contributed by atoms with Gasteiger partial charge in [-0.05, 0) is 59.1 Å². The molecule has 23 heavy (non-hydrogen) atoms. The molecule has 4 nitrogen and oxygen atoms in total. The average Bonchev–Trinajstić information content (AvgIpc) is 2.53. The normalized spacial score (nSPS) is 10.2. The molecule has 2 aromatic rings. The molecule has 0 bridgehead atoms. The van der Waals surface area contributed by atoms with Gasteiger partial charge in [-0.1, -0.05) is 25.1 Å². The molecular formula is C18H18BrNO3. The number of aryl methyl sites for hydroxylation is 1. The summed E-state index contributed by atoms with van der Waals surface area (Å²) >= 11 is 3.35. The topological polar surface area (TPSA) is 55.4 Å². The van der Waals surface area contributed by atoms with Gasteiger partial charge in [0, 0.05) is 4.47 Å². The number of carbonyl (C=O) groups excluding carboxylic acids is 2. The second kappa shape index (κ2) is 7.92. The smallest absolute Gasteiger partial charge is 0.340 e. The number of anilines is 1. The fraction of sp³-hybridized carbons (Fsp3) is 0.222. The van der Waals surface area contributed by atoms with Gasteiger partial charge in [0.25, 0.3) is 5.91 Å². The van der Waals surface area contributed by atoms with Crippen molar-refractivity contribution in [2.45, 2.75) is 20.3 Å². The van der Waals surface area contributed by atoms with Crippen LogP contribution in [-0.4, -0.2) is 18.5 Å². The predicted octanol–water partition coefficient (Wildman–Crippen LogP) is 4.58. The Balaban J connectivity index is 2.28. The lowest BCUT2D eigenvalue weighted by molar-refractivity contribution is 0.0506. The first-order valence-electron chi connectivity index (χ1n) is 7.36. The van der Waals surface area contributed by atoms with Crippen LogP contribution in [0, 0.1) is 6.92 Å². The summed E-state index contributed by atoms with van der Waals surface area (Å²) in [4.78, 5) is 24.6. The second-order valence-electron chi connectivity index (χ2n) is 5.12. The van der Waals surface area contributed by atoms with Crippen molar-refractivity contribution in [1.29, 1.82) is 0 Å². The minimum Gasteiger partial charge on any atom is -0.462 e. The first kappa shape index (κ1) is 17.2. The molecule has 0 spiro atoms. The molecule has 0 saturated heterocycles. The monoisotopic (exact) mass is 375 g/mol. The lowest BCUT2D eigenvalue weighted by atomic mass is 10.1. The lowest BCUT2D eigenvalue weighted by Gasteiger charge is -2.12. The Morgan fingerprint density at radius 1 is 1.13 bits per heavy atom. The Morgan fingerprint density at radius 3 is 2.57 bits per heavy atom. The molecule has 0 aliphatic heterocycles. The molecule has 0 aliphatic carbocycles. The molecule has 120 valence electrons. The maximum Gasteiger partial charge on any atom is 0.340 e. The van der Waals surface area contributed by atoms with E-state index in [0.29, 0.717) is 27.9 Å². The van der Waals surface area contributed by atoms with Crippen molar-refractivity contribution < 1.29 is 14.3 Å². The Hall–Kier alpha value is -2.14. The Morgan fingerprint density at radius 2 is 1.87 bits per heavy atom. The zero-order valence-corrected chi connectivity index (χ0v) is 14.6. The molecule has 0 unspecified atom stereocenters. The van der Waals surface area contributed by atoms with Crippen LogP contribution in [0.1, 0.15) is 39.6 Å². The number of hydrogen-bond acceptors (Lipinski definition) is 3. The number of halogens is 1. The number of nitrogens with one attached hydrogen (secondary N) is 1. The van der Waals surface area contributed by atoms with Crippen LogP contribution in [0.15, 0.2) is 46.9 Å². The number of amides is 1. The lowest BCUT2D eigenvalue weighted by Crippen LogP contribution is -2.16. The molecular weight excluding hydrogens is 358 g/mol. The van der Waals surface area contributed by atoms with Crippen LogP contribution < -0.4 is 5.32 Å². The highest BCUT2D eigenvalue weighted by Crippen LogP contribution is 2.22. The summed E-state index contributed by atoms with van der Waals surface area (Å²) in [5, 5.41) is 2.80. The molecule has 0 fully saturated rings. The first-order chi connectivity index (χ1) is 11.0. The fourth-order valence-electron chi connectivity index (χ4n) is 2.05. The summed E-state index contributed by atoms with van der Waals surface area (Å²) < 4.78 is 5.86. The van der Waals surface area contributed by atoms with E-state index in [1.54, 1.807) is 30.3 Å². The van der Waals surface area contributed by atoms with Crippen molar-refractivity contribution in [1.82, 2.24) is 0 Å². The van der Waals surface area contributed by atoms with E-state index < -0.39 is 5.97 Å². The third-order valence-corrected chi connectivity index (χ3v) is 3.89. The van der Waals surface area contributed by atoms with E-state index in [1.807, 2.05) is 26.0 Å². The second-order valence-corrected chi connectivity index (χ2v) is 5.97. The standard InChI is InChI=1S/C18H18BrNO3/c1-3-10-23-18(22)14-9-8-12(2)11-16(14)20-17(21)13-6-4-5-7-15(13)19/h4-9,11H,3,10H2,1-2H3,(H,20,21). The van der Waals surface area contributed by atoms with Crippen molar-refractivity contribution in [2.75, 3.05) is 11.9 Å². The van der Waals surface area contributed by atoms with Gasteiger partial charge in [0.2, 0.25) is 0 Å². The van der Waals surface area contributed by atoms with Gasteiger partial charge in [-0.2, -0.15) is 0 Å². The van der Waals surface area contributed by atoms with Gasteiger partial charge in [0.15, 0.2) is 0 Å². The molecule has 5 heteroatoms. The van der Waals surface area contributed by atoms with E-state index in [9.17, 15) is 9.59 Å². The van der Waals surface area contributed by atoms with Gasteiger partial charge >= 0.3 is 5.97 Å². The summed E-state index contributed by atoms with van der Waals surface area (Å²) in [5.41, 5.74) is 2.25. The molecule has 0 saturated carbocycles. The highest BCUT2D eigenvalue weighted by Gasteiger charge is 2.16. The summed E-state index contributed by atoms with van der Waals surface area (Å²) in [6.07, 6.45) is 0.746. The zero-order valence-electron chi connectivity index (χ0n) is 13.1. The minimum absolute atomic E-state index is 0.285. The van der Waals surface area contributed by atoms with Gasteiger partial charge in [-0.25, -0.2) is 4.79 Å². The number of benzene rings is 2. The molecule has 0 radical (unpaired) electrons. The third kappa shape index (κ3) is 4.42. The van der Waals surface area contributed by atoms with Gasteiger partial charge in [0.05, 0.1) is 23.4 Å². The number of esters is 1. The van der Waals surface area contributed by atoms with Crippen LogP contribution in [0.5, 0.6) is 0 Å². The average molecular weight is 376 g/mol. The minimum atomic E-state index is -0.436. The maximum absolute atomic E-state index is 12.4. The SMILES string of the molecule is CCCOC(=O)c1ccc(C)cc1NC(=O)c1ccccc1Br. The predicted molar refractivity (Wildman–Crippen MR) is 93.8 cm³/mol. The van der Waals surface area contributed by atoms with Crippen molar-refractivity contribution in [2.24, 2.45) is 0 Å². The van der Waals surface area contributed by atoms with Crippen LogP contribution in [0.4, 0.5) is 5.69 Å². The summed E-state index contributed by atoms with van der Waals surface area (Å²) in [7, 11) is 0. The van der Waals surface area contributed by atoms with Gasteiger partial charge in [0.1, 0.15) is 0 Å². The van der Waals surface area contributed by atoms with Gasteiger partial charge in [-0.3, -0.25) is 4.79 Å². The summed E-state index contributed by atoms with van der Waals surface area (Å²) in [6, 6.07) is 12.4. The van der Waals surface area contributed by atoms with Crippen LogP contribution in [0.3, 0.4) is 0 Å². The Kier molecular flexibility index (Phi) is 5.93. The zero-order chi connectivity index (χ0) is 16.8. The highest BCUT2D eigenvalue weighted by molar-refractivity contribution is 9.10. The van der Waals surface area contributed by atoms with E-state index in [0.717, 1.165) is 12.0 Å². The summed E-state index contributed by atoms with van der Waals surface area (Å²) in [5.74, 6) is -0.720. The molecule has 1 N–H and O–H groups in total. The molecule has 0 aromatic heterocycles. The third-order valence-electron chi connectivity index (χ3n) is 3.20. The van der Waals surface area contributed by atoms with E-state index in [1.165, 1.54) is 0 Å². The number of hydrogen-bond donors (Lipinski definition) is 1. The molecule has 0 atom stereocenters. The summed E-state index contributed by atoms with van der Waals surface area (Å²) in [6.45, 7) is 4.18. The van der Waals surface area contributed by atoms with Gasteiger partial charge in [-0.15, -0.1) is 0 Å². The van der Waals surface area contributed by atoms with E-state index in [2.05, 4.69) is 21.2 Å². The molecule has 2 aromatic carbocycles. The number of ether oxygens (including phenoxy) is 1. The largest absolute Gasteiger partial charge is 0.462 e. The first-order valence-corrected chi connectivity index (χ1v) is 8.16. The van der Waals surface area contributed by atoms with Crippen molar-refractivity contribution in [3.8, 4) is 0 Å². The van der Waals surface area contributed by atoms with Crippen LogP contribution in [-0.2, 0) is 4.74 Å².